The average molecular weight is 638 g/mol. The number of alkyl halides is 3. The molecule has 2 aromatic carbocycles. The Bertz CT molecular complexity index is 1200. The van der Waals surface area contributed by atoms with E-state index in [1.54, 1.807) is 48.9 Å². The number of ether oxygens (including phenoxy) is 1. The number of rotatable bonds is 11. The number of thiazole rings is 1. The lowest BCUT2D eigenvalue weighted by atomic mass is 10.1. The molecule has 3 rings (SSSR count). The van der Waals surface area contributed by atoms with Gasteiger partial charge in [-0.15, -0.1) is 35.9 Å². The van der Waals surface area contributed by atoms with Gasteiger partial charge in [-0.25, -0.2) is 4.98 Å². The molecule has 0 amide bonds. The van der Waals surface area contributed by atoms with Crippen molar-refractivity contribution >= 4 is 34.9 Å². The van der Waals surface area contributed by atoms with Gasteiger partial charge in [-0.2, -0.15) is 24.9 Å². The van der Waals surface area contributed by atoms with E-state index < -0.39 is 11.7 Å². The van der Waals surface area contributed by atoms with Crippen molar-refractivity contribution in [1.29, 1.82) is 0 Å². The number of allylic oxidation sites excluding steroid dienone is 2. The minimum absolute atomic E-state index is 0.250. The highest BCUT2D eigenvalue weighted by Crippen LogP contribution is 2.35. The van der Waals surface area contributed by atoms with Crippen molar-refractivity contribution in [3.05, 3.63) is 94.2 Å². The van der Waals surface area contributed by atoms with Gasteiger partial charge in [0.05, 0.1) is 18.4 Å². The van der Waals surface area contributed by atoms with E-state index >= 15 is 0 Å². The van der Waals surface area contributed by atoms with Crippen molar-refractivity contribution in [3.63, 3.8) is 0 Å². The molecule has 1 aromatic heterocycles. The van der Waals surface area contributed by atoms with Crippen molar-refractivity contribution in [1.82, 2.24) is 4.98 Å². The minimum Gasteiger partial charge on any atom is -0.497 e. The Hall–Kier alpha value is -2.64. The standard InChI is InChI=1S/C27H28F3NOS3.C2H6O.C2H6.C2H2/c1-19(2)24(32-3)10-7-16-33-18-25-23(15-17-34-22-8-5-4-6-9-22)31-26(35-25)20-11-13-21(14-12-20)27(28,29)30;1-2-3;2*1-2/h4-14H,15-18H2,1-3H3;3H,2H2,1H3;1-2H3;1-2H/b10-7-;;;. The van der Waals surface area contributed by atoms with Gasteiger partial charge < -0.3 is 9.84 Å². The SMILES string of the molecule is C#C.CC.CCO.COC(/C=C\CSCc1sc(-c2ccc(C(F)(F)F)cc2)nc1CCSc1ccccc1)=C(C)C. The Labute approximate surface area is 262 Å². The molecule has 3 nitrogen and oxygen atoms in total. The third-order valence-corrected chi connectivity index (χ3v) is 8.28. The second kappa shape index (κ2) is 22.9. The normalized spacial score (nSPS) is 10.4. The fourth-order valence-corrected chi connectivity index (χ4v) is 6.19. The number of aromatic nitrogens is 1. The Morgan fingerprint density at radius 3 is 2.17 bits per heavy atom. The Morgan fingerprint density at radius 2 is 1.64 bits per heavy atom. The van der Waals surface area contributed by atoms with Crippen LogP contribution in [0.2, 0.25) is 0 Å². The summed E-state index contributed by atoms with van der Waals surface area (Å²) in [5, 5.41) is 8.33. The molecular formula is C33H42F3NO2S3. The summed E-state index contributed by atoms with van der Waals surface area (Å²) >= 11 is 5.12. The first-order valence-corrected chi connectivity index (χ1v) is 16.4. The molecule has 0 saturated carbocycles. The van der Waals surface area contributed by atoms with E-state index in [4.69, 9.17) is 14.8 Å². The van der Waals surface area contributed by atoms with Crippen molar-refractivity contribution in [2.24, 2.45) is 0 Å². The highest BCUT2D eigenvalue weighted by atomic mass is 32.2. The van der Waals surface area contributed by atoms with Crippen LogP contribution in [0.15, 0.2) is 83.0 Å². The zero-order valence-electron chi connectivity index (χ0n) is 25.2. The third-order valence-electron chi connectivity index (χ3n) is 5.02. The Kier molecular flexibility index (Phi) is 21.5. The van der Waals surface area contributed by atoms with Gasteiger partial charge in [-0.3, -0.25) is 0 Å². The summed E-state index contributed by atoms with van der Waals surface area (Å²) < 4.78 is 44.2. The first kappa shape index (κ1) is 39.4. The van der Waals surface area contributed by atoms with Gasteiger partial charge in [0, 0.05) is 45.6 Å². The molecule has 3 aromatic rings. The molecule has 0 unspecified atom stereocenters. The molecule has 0 aliphatic carbocycles. The van der Waals surface area contributed by atoms with Crippen molar-refractivity contribution in [2.75, 3.05) is 25.2 Å². The Balaban J connectivity index is 0.00000221. The minimum atomic E-state index is -4.34. The van der Waals surface area contributed by atoms with E-state index in [0.717, 1.165) is 57.8 Å². The number of nitrogens with zero attached hydrogens (tertiary/aromatic N) is 1. The number of aryl methyl sites for hydroxylation is 1. The third kappa shape index (κ3) is 15.0. The monoisotopic (exact) mass is 637 g/mol. The van der Waals surface area contributed by atoms with Gasteiger partial charge in [0.1, 0.15) is 10.8 Å². The largest absolute Gasteiger partial charge is 0.497 e. The quantitative estimate of drug-likeness (QED) is 0.0745. The second-order valence-electron chi connectivity index (χ2n) is 8.18. The number of aliphatic hydroxyl groups excluding tert-OH is 1. The van der Waals surface area contributed by atoms with Gasteiger partial charge in [0.25, 0.3) is 0 Å². The van der Waals surface area contributed by atoms with Gasteiger partial charge in [0.2, 0.25) is 0 Å². The van der Waals surface area contributed by atoms with Crippen molar-refractivity contribution in [2.45, 2.75) is 57.9 Å². The van der Waals surface area contributed by atoms with Crippen LogP contribution in [0, 0.1) is 12.8 Å². The fraction of sp³-hybridized carbons (Fsp3) is 0.364. The van der Waals surface area contributed by atoms with Gasteiger partial charge in [0.15, 0.2) is 0 Å². The van der Waals surface area contributed by atoms with Crippen LogP contribution < -0.4 is 0 Å². The molecule has 0 saturated heterocycles. The van der Waals surface area contributed by atoms with E-state index in [1.165, 1.54) is 21.9 Å². The first-order valence-electron chi connectivity index (χ1n) is 13.4. The molecule has 9 heteroatoms. The van der Waals surface area contributed by atoms with Crippen LogP contribution in [0.5, 0.6) is 0 Å². The molecule has 230 valence electrons. The number of aliphatic hydroxyl groups is 1. The molecule has 1 N–H and O–H groups in total. The number of hydrogen-bond donors (Lipinski definition) is 1. The van der Waals surface area contributed by atoms with Gasteiger partial charge >= 0.3 is 6.18 Å². The van der Waals surface area contributed by atoms with Crippen molar-refractivity contribution in [3.8, 4) is 23.4 Å². The lowest BCUT2D eigenvalue weighted by molar-refractivity contribution is -0.137. The maximum atomic E-state index is 13.0. The predicted octanol–water partition coefficient (Wildman–Crippen LogP) is 10.2. The molecule has 0 aliphatic rings. The van der Waals surface area contributed by atoms with Crippen molar-refractivity contribution < 1.29 is 23.0 Å². The zero-order valence-corrected chi connectivity index (χ0v) is 27.7. The molecule has 0 radical (unpaired) electrons. The lowest BCUT2D eigenvalue weighted by Gasteiger charge is -2.06. The van der Waals surface area contributed by atoms with Crippen LogP contribution >= 0.6 is 34.9 Å². The average Bonchev–Trinajstić information content (AvgIpc) is 3.40. The maximum absolute atomic E-state index is 13.0. The smallest absolute Gasteiger partial charge is 0.416 e. The summed E-state index contributed by atoms with van der Waals surface area (Å²) in [6, 6.07) is 15.5. The molecule has 0 spiro atoms. The van der Waals surface area contributed by atoms with Crippen LogP contribution in [0.1, 0.15) is 50.8 Å². The molecular weight excluding hydrogens is 596 g/mol. The number of hydrogen-bond acceptors (Lipinski definition) is 6. The molecule has 42 heavy (non-hydrogen) atoms. The zero-order chi connectivity index (χ0) is 32.0. The Morgan fingerprint density at radius 1 is 1.05 bits per heavy atom. The summed E-state index contributed by atoms with van der Waals surface area (Å²) in [7, 11) is 1.67. The molecule has 1 heterocycles. The van der Waals surface area contributed by atoms with Gasteiger partial charge in [-0.1, -0.05) is 50.3 Å². The number of terminal acetylenes is 1. The van der Waals surface area contributed by atoms with E-state index in [1.807, 2.05) is 52.0 Å². The van der Waals surface area contributed by atoms with Crippen LogP contribution in [0.3, 0.4) is 0 Å². The summed E-state index contributed by atoms with van der Waals surface area (Å²) in [4.78, 5) is 7.21. The fourth-order valence-electron chi connectivity index (χ4n) is 3.21. The summed E-state index contributed by atoms with van der Waals surface area (Å²) in [5.74, 6) is 3.37. The number of benzene rings is 2. The van der Waals surface area contributed by atoms with Crippen LogP contribution in [0.25, 0.3) is 10.6 Å². The topological polar surface area (TPSA) is 42.4 Å². The molecule has 0 fully saturated rings. The van der Waals surface area contributed by atoms with E-state index in [0.29, 0.717) is 5.56 Å². The molecule has 0 bridgehead atoms. The summed E-state index contributed by atoms with van der Waals surface area (Å²) in [6.07, 6.45) is 8.53. The number of thioether (sulfide) groups is 2. The van der Waals surface area contributed by atoms with Crippen LogP contribution in [0.4, 0.5) is 13.2 Å². The van der Waals surface area contributed by atoms with Crippen LogP contribution in [-0.4, -0.2) is 35.3 Å². The van der Waals surface area contributed by atoms with Crippen LogP contribution in [-0.2, 0) is 23.1 Å². The van der Waals surface area contributed by atoms with E-state index in [2.05, 4.69) is 31.1 Å². The predicted molar refractivity (Wildman–Crippen MR) is 178 cm³/mol. The summed E-state index contributed by atoms with van der Waals surface area (Å²) in [5.41, 5.74) is 2.21. The lowest BCUT2D eigenvalue weighted by Crippen LogP contribution is -2.03. The highest BCUT2D eigenvalue weighted by Gasteiger charge is 2.30. The second-order valence-corrected chi connectivity index (χ2v) is 11.5. The summed E-state index contributed by atoms with van der Waals surface area (Å²) in [6.45, 7) is 9.95. The van der Waals surface area contributed by atoms with E-state index in [-0.39, 0.29) is 6.61 Å². The highest BCUT2D eigenvalue weighted by molar-refractivity contribution is 7.99. The molecule has 0 aliphatic heterocycles. The van der Waals surface area contributed by atoms with E-state index in [9.17, 15) is 13.2 Å². The first-order chi connectivity index (χ1) is 20.2. The maximum Gasteiger partial charge on any atom is 0.416 e. The number of halogens is 3. The molecule has 0 atom stereocenters. The van der Waals surface area contributed by atoms with Gasteiger partial charge in [-0.05, 0) is 56.7 Å². The number of methoxy groups -OCH3 is 1.